The van der Waals surface area contributed by atoms with E-state index >= 15 is 0 Å². The van der Waals surface area contributed by atoms with Crippen molar-refractivity contribution in [3.8, 4) is 11.4 Å². The van der Waals surface area contributed by atoms with Gasteiger partial charge < -0.3 is 14.8 Å². The van der Waals surface area contributed by atoms with Crippen LogP contribution in [0.3, 0.4) is 0 Å². The Morgan fingerprint density at radius 1 is 1.11 bits per heavy atom. The summed E-state index contributed by atoms with van der Waals surface area (Å²) in [7, 11) is 0. The molecule has 1 saturated carbocycles. The molecule has 0 spiro atoms. The second kappa shape index (κ2) is 10.6. The lowest BCUT2D eigenvalue weighted by atomic mass is 10.1. The molecule has 3 aromatic rings. The summed E-state index contributed by atoms with van der Waals surface area (Å²) < 4.78 is 13.3. The highest BCUT2D eigenvalue weighted by Crippen LogP contribution is 2.37. The quantitative estimate of drug-likeness (QED) is 0.228. The molecule has 0 radical (unpaired) electrons. The van der Waals surface area contributed by atoms with E-state index in [1.807, 2.05) is 24.3 Å². The minimum Gasteiger partial charge on any atom is -0.494 e. The Morgan fingerprint density at radius 3 is 2.53 bits per heavy atom. The molecule has 1 amide bonds. The predicted molar refractivity (Wildman–Crippen MR) is 133 cm³/mol. The summed E-state index contributed by atoms with van der Waals surface area (Å²) in [5, 5.41) is 14.9. The third kappa shape index (κ3) is 5.63. The number of Topliss-reactive ketones (excluding diaryl/α,β-unsaturated/α-hetero) is 1. The van der Waals surface area contributed by atoms with Crippen LogP contribution in [0.15, 0.2) is 48.5 Å². The Morgan fingerprint density at radius 2 is 1.86 bits per heavy atom. The number of epoxide rings is 1. The van der Waals surface area contributed by atoms with E-state index in [4.69, 9.17) is 9.47 Å². The van der Waals surface area contributed by atoms with Crippen LogP contribution in [0.5, 0.6) is 5.75 Å². The molecule has 188 valence electrons. The number of ether oxygens (including phenoxy) is 2. The van der Waals surface area contributed by atoms with E-state index in [-0.39, 0.29) is 30.1 Å². The molecule has 1 aliphatic carbocycles. The zero-order valence-corrected chi connectivity index (χ0v) is 20.6. The molecular formula is C27H31N5O4. The average Bonchev–Trinajstić information content (AvgIpc) is 3.81. The highest BCUT2D eigenvalue weighted by atomic mass is 16.6. The lowest BCUT2D eigenvalue weighted by Crippen LogP contribution is -2.27. The monoisotopic (exact) mass is 489 g/mol. The molecule has 1 aromatic heterocycles. The van der Waals surface area contributed by atoms with Crippen LogP contribution in [0.4, 0.5) is 0 Å². The molecule has 2 heterocycles. The van der Waals surface area contributed by atoms with Crippen molar-refractivity contribution < 1.29 is 19.1 Å². The Hall–Kier alpha value is -3.56. The van der Waals surface area contributed by atoms with Gasteiger partial charge in [0.25, 0.3) is 5.91 Å². The number of amides is 1. The summed E-state index contributed by atoms with van der Waals surface area (Å²) in [4.78, 5) is 24.3. The number of rotatable bonds is 12. The molecule has 36 heavy (non-hydrogen) atoms. The van der Waals surface area contributed by atoms with Crippen LogP contribution in [0.2, 0.25) is 0 Å². The fraction of sp³-hybridized carbons (Fsp3) is 0.407. The molecule has 2 aliphatic rings. The molecular weight excluding hydrogens is 458 g/mol. The number of carbonyl (C=O) groups excluding carboxylic acids is 2. The van der Waals surface area contributed by atoms with Gasteiger partial charge in [-0.05, 0) is 81.1 Å². The maximum atomic E-state index is 12.8. The number of benzene rings is 2. The number of ketones is 1. The Labute approximate surface area is 210 Å². The summed E-state index contributed by atoms with van der Waals surface area (Å²) in [5.41, 5.74) is 3.70. The summed E-state index contributed by atoms with van der Waals surface area (Å²) in [5.74, 6) is 0.539. The van der Waals surface area contributed by atoms with Gasteiger partial charge in [0.1, 0.15) is 18.1 Å². The summed E-state index contributed by atoms with van der Waals surface area (Å²) >= 11 is 0. The molecule has 9 heteroatoms. The number of nitrogens with one attached hydrogen (secondary N) is 2. The molecule has 1 aliphatic heterocycles. The molecule has 2 aromatic carbocycles. The average molecular weight is 490 g/mol. The first-order chi connectivity index (χ1) is 17.5. The molecule has 0 bridgehead atoms. The minimum absolute atomic E-state index is 0.0226. The van der Waals surface area contributed by atoms with Crippen molar-refractivity contribution in [2.24, 2.45) is 0 Å². The number of carbonyl (C=O) groups is 2. The predicted octanol–water partition coefficient (Wildman–Crippen LogP) is 3.38. The van der Waals surface area contributed by atoms with Crippen molar-refractivity contribution in [2.45, 2.75) is 57.9 Å². The highest BCUT2D eigenvalue weighted by molar-refractivity contribution is 5.94. The van der Waals surface area contributed by atoms with Crippen LogP contribution >= 0.6 is 0 Å². The fourth-order valence-corrected chi connectivity index (χ4v) is 4.13. The topological polar surface area (TPSA) is 111 Å². The van der Waals surface area contributed by atoms with Crippen molar-refractivity contribution in [1.29, 1.82) is 0 Å². The van der Waals surface area contributed by atoms with Crippen LogP contribution in [-0.2, 0) is 11.2 Å². The third-order valence-corrected chi connectivity index (χ3v) is 6.34. The second-order valence-corrected chi connectivity index (χ2v) is 9.20. The van der Waals surface area contributed by atoms with Gasteiger partial charge in [0.05, 0.1) is 18.0 Å². The standard InChI is InChI=1S/C27H31N5O4/c1-3-28-27-25(36-27)19-6-12-21(13-7-19)32-23(24(30-31-32)26(34)29-20-10-11-20)5-4-16-35-22-14-8-18(9-15-22)17(2)33/h6-9,12-15,20,25,27-28H,3-5,10-11,16H2,1-2H3,(H,29,34). The van der Waals surface area contributed by atoms with Gasteiger partial charge in [0, 0.05) is 11.6 Å². The first-order valence-electron chi connectivity index (χ1n) is 12.5. The van der Waals surface area contributed by atoms with Crippen molar-refractivity contribution >= 4 is 11.7 Å². The number of hydrogen-bond donors (Lipinski definition) is 2. The number of aromatic nitrogens is 3. The number of hydrogen-bond acceptors (Lipinski definition) is 7. The van der Waals surface area contributed by atoms with Crippen LogP contribution in [0, 0.1) is 0 Å². The zero-order valence-electron chi connectivity index (χ0n) is 20.6. The SMILES string of the molecule is CCNC1OC1c1ccc(-n2nnc(C(=O)NC3CC3)c2CCCOc2ccc(C(C)=O)cc2)cc1. The van der Waals surface area contributed by atoms with E-state index in [0.29, 0.717) is 36.5 Å². The first-order valence-corrected chi connectivity index (χ1v) is 12.5. The van der Waals surface area contributed by atoms with Gasteiger partial charge in [-0.15, -0.1) is 5.10 Å². The van der Waals surface area contributed by atoms with Crippen LogP contribution < -0.4 is 15.4 Å². The second-order valence-electron chi connectivity index (χ2n) is 9.20. The molecule has 2 unspecified atom stereocenters. The maximum absolute atomic E-state index is 12.8. The number of nitrogens with zero attached hydrogens (tertiary/aromatic N) is 3. The van der Waals surface area contributed by atoms with E-state index < -0.39 is 0 Å². The molecule has 1 saturated heterocycles. The smallest absolute Gasteiger partial charge is 0.273 e. The van der Waals surface area contributed by atoms with Gasteiger partial charge in [-0.3, -0.25) is 14.9 Å². The lowest BCUT2D eigenvalue weighted by Gasteiger charge is -2.10. The first kappa shape index (κ1) is 24.1. The van der Waals surface area contributed by atoms with Gasteiger partial charge in [0.15, 0.2) is 11.5 Å². The molecule has 2 N–H and O–H groups in total. The molecule has 5 rings (SSSR count). The minimum atomic E-state index is -0.184. The molecule has 9 nitrogen and oxygen atoms in total. The van der Waals surface area contributed by atoms with E-state index in [1.165, 1.54) is 6.92 Å². The lowest BCUT2D eigenvalue weighted by molar-refractivity contribution is 0.0944. The third-order valence-electron chi connectivity index (χ3n) is 6.34. The highest BCUT2D eigenvalue weighted by Gasteiger charge is 2.39. The Kier molecular flexibility index (Phi) is 7.11. The van der Waals surface area contributed by atoms with Crippen molar-refractivity contribution in [3.05, 3.63) is 71.0 Å². The fourth-order valence-electron chi connectivity index (χ4n) is 4.13. The van der Waals surface area contributed by atoms with Gasteiger partial charge in [-0.25, -0.2) is 4.68 Å². The molecule has 2 atom stereocenters. The zero-order chi connectivity index (χ0) is 25.1. The largest absolute Gasteiger partial charge is 0.494 e. The van der Waals surface area contributed by atoms with Gasteiger partial charge in [-0.2, -0.15) is 0 Å². The van der Waals surface area contributed by atoms with Crippen molar-refractivity contribution in [1.82, 2.24) is 25.6 Å². The number of likely N-dealkylation sites (N-methyl/N-ethyl adjacent to an activating group) is 1. The van der Waals surface area contributed by atoms with Gasteiger partial charge in [-0.1, -0.05) is 24.3 Å². The van der Waals surface area contributed by atoms with Crippen LogP contribution in [-0.4, -0.2) is 52.1 Å². The normalized spacial score (nSPS) is 18.6. The van der Waals surface area contributed by atoms with Crippen LogP contribution in [0.25, 0.3) is 5.69 Å². The summed E-state index contributed by atoms with van der Waals surface area (Å²) in [6.45, 7) is 4.91. The van der Waals surface area contributed by atoms with Gasteiger partial charge >= 0.3 is 0 Å². The van der Waals surface area contributed by atoms with Crippen molar-refractivity contribution in [2.75, 3.05) is 13.2 Å². The van der Waals surface area contributed by atoms with E-state index in [1.54, 1.807) is 28.9 Å². The van der Waals surface area contributed by atoms with E-state index in [9.17, 15) is 9.59 Å². The van der Waals surface area contributed by atoms with E-state index in [0.717, 1.165) is 36.3 Å². The van der Waals surface area contributed by atoms with E-state index in [2.05, 4.69) is 27.9 Å². The van der Waals surface area contributed by atoms with Crippen molar-refractivity contribution in [3.63, 3.8) is 0 Å². The Bertz CT molecular complexity index is 1220. The summed E-state index contributed by atoms with van der Waals surface area (Å²) in [6.07, 6.45) is 3.38. The maximum Gasteiger partial charge on any atom is 0.273 e. The van der Waals surface area contributed by atoms with Gasteiger partial charge in [0.2, 0.25) is 0 Å². The Balaban J connectivity index is 1.27. The molecule has 2 fully saturated rings. The summed E-state index contributed by atoms with van der Waals surface area (Å²) in [6, 6.07) is 15.4. The van der Waals surface area contributed by atoms with Crippen LogP contribution in [0.1, 0.15) is 71.3 Å².